The molecule has 0 aliphatic heterocycles. The highest BCUT2D eigenvalue weighted by Gasteiger charge is 2.23. The third-order valence-corrected chi connectivity index (χ3v) is 10.3. The number of fused-ring (bicyclic) bond motifs is 3. The Bertz CT molecular complexity index is 2440. The average molecular weight is 660 g/mol. The number of rotatable bonds is 5. The Morgan fingerprint density at radius 3 is 1.35 bits per heavy atom. The van der Waals surface area contributed by atoms with Crippen LogP contribution in [0.4, 0.5) is 17.1 Å². The first-order chi connectivity index (χ1) is 24.5. The second kappa shape index (κ2) is 12.6. The zero-order chi connectivity index (χ0) is 35.3. The van der Waals surface area contributed by atoms with Crippen LogP contribution in [0.5, 0.6) is 0 Å². The van der Waals surface area contributed by atoms with Gasteiger partial charge in [-0.15, -0.1) is 0 Å². The van der Waals surface area contributed by atoms with Crippen molar-refractivity contribution < 1.29 is 0 Å². The van der Waals surface area contributed by atoms with Gasteiger partial charge in [0, 0.05) is 16.9 Å². The molecule has 0 fully saturated rings. The molecular weight excluding hydrogens is 615 g/mol. The molecule has 51 heavy (non-hydrogen) atoms. The number of nitrogens with zero attached hydrogens (tertiary/aromatic N) is 1. The van der Waals surface area contributed by atoms with Crippen molar-refractivity contribution in [3.05, 3.63) is 175 Å². The third-order valence-electron chi connectivity index (χ3n) is 10.3. The summed E-state index contributed by atoms with van der Waals surface area (Å²) < 4.78 is 0. The molecule has 0 bridgehead atoms. The van der Waals surface area contributed by atoms with Crippen molar-refractivity contribution in [1.29, 1.82) is 0 Å². The molecule has 0 aliphatic carbocycles. The molecule has 250 valence electrons. The van der Waals surface area contributed by atoms with Crippen LogP contribution < -0.4 is 4.90 Å². The topological polar surface area (TPSA) is 3.24 Å². The van der Waals surface area contributed by atoms with Gasteiger partial charge in [-0.3, -0.25) is 0 Å². The van der Waals surface area contributed by atoms with Crippen LogP contribution in [0.1, 0.15) is 52.7 Å². The Labute approximate surface area is 302 Å². The van der Waals surface area contributed by atoms with Crippen LogP contribution in [-0.2, 0) is 10.8 Å². The van der Waals surface area contributed by atoms with Gasteiger partial charge in [-0.1, -0.05) is 175 Å². The van der Waals surface area contributed by atoms with E-state index in [2.05, 4.69) is 210 Å². The van der Waals surface area contributed by atoms with Crippen molar-refractivity contribution in [1.82, 2.24) is 0 Å². The van der Waals surface area contributed by atoms with Crippen molar-refractivity contribution in [3.63, 3.8) is 0 Å². The van der Waals surface area contributed by atoms with Gasteiger partial charge in [0.25, 0.3) is 0 Å². The SMILES string of the molecule is CC(C)(C)c1cc(-c2cccc3cccc(-c4ccccc4N(c4ccc5ccccc5c4)c4ccc5ccccc5c4)c23)cc(C(C)(C)C)c1. The molecule has 1 heteroatoms. The van der Waals surface area contributed by atoms with Crippen LogP contribution >= 0.6 is 0 Å². The van der Waals surface area contributed by atoms with E-state index in [1.165, 1.54) is 65.7 Å². The Morgan fingerprint density at radius 1 is 0.353 bits per heavy atom. The minimum absolute atomic E-state index is 0.0240. The van der Waals surface area contributed by atoms with Gasteiger partial charge in [0.05, 0.1) is 5.69 Å². The van der Waals surface area contributed by atoms with E-state index in [1.807, 2.05) is 0 Å². The van der Waals surface area contributed by atoms with Crippen molar-refractivity contribution in [2.45, 2.75) is 52.4 Å². The van der Waals surface area contributed by atoms with Crippen LogP contribution in [0.3, 0.4) is 0 Å². The fourth-order valence-corrected chi connectivity index (χ4v) is 7.41. The lowest BCUT2D eigenvalue weighted by molar-refractivity contribution is 0.569. The molecule has 0 saturated heterocycles. The Hall–Kier alpha value is -5.66. The number of hydrogen-bond acceptors (Lipinski definition) is 1. The smallest absolute Gasteiger partial charge is 0.0540 e. The molecular formula is C50H45N. The summed E-state index contributed by atoms with van der Waals surface area (Å²) in [6, 6.07) is 60.6. The molecule has 0 spiro atoms. The van der Waals surface area contributed by atoms with Gasteiger partial charge in [-0.2, -0.15) is 0 Å². The highest BCUT2D eigenvalue weighted by atomic mass is 15.1. The van der Waals surface area contributed by atoms with Crippen molar-refractivity contribution >= 4 is 49.4 Å². The summed E-state index contributed by atoms with van der Waals surface area (Å²) >= 11 is 0. The van der Waals surface area contributed by atoms with Gasteiger partial charge in [-0.25, -0.2) is 0 Å². The van der Waals surface area contributed by atoms with Crippen LogP contribution in [-0.4, -0.2) is 0 Å². The molecule has 8 rings (SSSR count). The second-order valence-corrected chi connectivity index (χ2v) is 15.9. The van der Waals surface area contributed by atoms with E-state index in [1.54, 1.807) is 0 Å². The largest absolute Gasteiger partial charge is 0.310 e. The molecule has 0 unspecified atom stereocenters. The summed E-state index contributed by atoms with van der Waals surface area (Å²) in [7, 11) is 0. The Kier molecular flexibility index (Phi) is 8.03. The Morgan fingerprint density at radius 2 is 0.804 bits per heavy atom. The highest BCUT2D eigenvalue weighted by molar-refractivity contribution is 6.09. The maximum Gasteiger partial charge on any atom is 0.0540 e. The molecule has 8 aromatic rings. The van der Waals surface area contributed by atoms with Crippen LogP contribution in [0.2, 0.25) is 0 Å². The van der Waals surface area contributed by atoms with E-state index in [4.69, 9.17) is 0 Å². The van der Waals surface area contributed by atoms with E-state index in [0.717, 1.165) is 17.1 Å². The summed E-state index contributed by atoms with van der Waals surface area (Å²) in [5, 5.41) is 7.42. The minimum Gasteiger partial charge on any atom is -0.310 e. The molecule has 0 aromatic heterocycles. The Balaban J connectivity index is 1.40. The molecule has 0 aliphatic rings. The second-order valence-electron chi connectivity index (χ2n) is 15.9. The molecule has 0 atom stereocenters. The van der Waals surface area contributed by atoms with E-state index >= 15 is 0 Å². The zero-order valence-corrected chi connectivity index (χ0v) is 30.5. The summed E-state index contributed by atoms with van der Waals surface area (Å²) in [6.45, 7) is 13.9. The number of anilines is 3. The minimum atomic E-state index is 0.0240. The maximum atomic E-state index is 2.44. The quantitative estimate of drug-likeness (QED) is 0.178. The lowest BCUT2D eigenvalue weighted by atomic mass is 9.78. The van der Waals surface area contributed by atoms with Crippen LogP contribution in [0.25, 0.3) is 54.6 Å². The van der Waals surface area contributed by atoms with Crippen LogP contribution in [0, 0.1) is 0 Å². The number of hydrogen-bond donors (Lipinski definition) is 0. The van der Waals surface area contributed by atoms with Crippen LogP contribution in [0.15, 0.2) is 164 Å². The summed E-state index contributed by atoms with van der Waals surface area (Å²) in [6.07, 6.45) is 0. The van der Waals surface area contributed by atoms with E-state index in [9.17, 15) is 0 Å². The first kappa shape index (κ1) is 32.5. The monoisotopic (exact) mass is 659 g/mol. The van der Waals surface area contributed by atoms with E-state index < -0.39 is 0 Å². The predicted octanol–water partition coefficient (Wildman–Crippen LogP) is 14.5. The van der Waals surface area contributed by atoms with E-state index in [0.29, 0.717) is 0 Å². The first-order valence-electron chi connectivity index (χ1n) is 18.1. The normalized spacial score (nSPS) is 12.1. The van der Waals surface area contributed by atoms with Gasteiger partial charge >= 0.3 is 0 Å². The predicted molar refractivity (Wildman–Crippen MR) is 222 cm³/mol. The molecule has 0 N–H and O–H groups in total. The summed E-state index contributed by atoms with van der Waals surface area (Å²) in [4.78, 5) is 2.44. The standard InChI is InChI=1S/C50H45N/c1-49(2,3)40-29-39(30-41(33-40)50(4,5)6)44-22-13-19-36-20-14-23-46(48(36)44)45-21-11-12-24-47(45)51(42-27-25-34-15-7-9-17-37(34)31-42)43-28-26-35-16-8-10-18-38(35)32-43/h7-33H,1-6H3. The molecule has 0 saturated carbocycles. The van der Waals surface area contributed by atoms with Gasteiger partial charge in [-0.05, 0) is 101 Å². The maximum absolute atomic E-state index is 2.44. The molecule has 0 amide bonds. The molecule has 0 heterocycles. The van der Waals surface area contributed by atoms with Gasteiger partial charge in [0.15, 0.2) is 0 Å². The molecule has 0 radical (unpaired) electrons. The average Bonchev–Trinajstić information content (AvgIpc) is 3.14. The number of para-hydroxylation sites is 1. The lowest BCUT2D eigenvalue weighted by Gasteiger charge is -2.29. The van der Waals surface area contributed by atoms with Gasteiger partial charge < -0.3 is 4.90 Å². The highest BCUT2D eigenvalue weighted by Crippen LogP contribution is 2.46. The summed E-state index contributed by atoms with van der Waals surface area (Å²) in [5.41, 5.74) is 11.1. The molecule has 8 aromatic carbocycles. The number of benzene rings is 8. The van der Waals surface area contributed by atoms with E-state index in [-0.39, 0.29) is 10.8 Å². The fourth-order valence-electron chi connectivity index (χ4n) is 7.41. The fraction of sp³-hybridized carbons (Fsp3) is 0.160. The molecule has 1 nitrogen and oxygen atoms in total. The van der Waals surface area contributed by atoms with Gasteiger partial charge in [0.2, 0.25) is 0 Å². The summed E-state index contributed by atoms with van der Waals surface area (Å²) in [5.74, 6) is 0. The van der Waals surface area contributed by atoms with Crippen molar-refractivity contribution in [2.75, 3.05) is 4.90 Å². The third kappa shape index (κ3) is 6.19. The lowest BCUT2D eigenvalue weighted by Crippen LogP contribution is -2.16. The van der Waals surface area contributed by atoms with Crippen molar-refractivity contribution in [3.8, 4) is 22.3 Å². The first-order valence-corrected chi connectivity index (χ1v) is 18.1. The zero-order valence-electron chi connectivity index (χ0n) is 30.5. The van der Waals surface area contributed by atoms with Crippen molar-refractivity contribution in [2.24, 2.45) is 0 Å². The van der Waals surface area contributed by atoms with Gasteiger partial charge in [0.1, 0.15) is 0 Å².